The maximum atomic E-state index is 12.0. The van der Waals surface area contributed by atoms with Crippen LogP contribution in [0.25, 0.3) is 11.0 Å². The van der Waals surface area contributed by atoms with Crippen LogP contribution in [0.15, 0.2) is 51.8 Å². The molecule has 0 fully saturated rings. The fourth-order valence-electron chi connectivity index (χ4n) is 3.33. The number of pyridine rings is 1. The molecule has 4 nitrogen and oxygen atoms in total. The normalized spacial score (nSPS) is 12.7. The van der Waals surface area contributed by atoms with Crippen molar-refractivity contribution in [2.24, 2.45) is 5.92 Å². The Labute approximate surface area is 154 Å². The number of nitrogens with one attached hydrogen (secondary N) is 1. The van der Waals surface area contributed by atoms with Crippen molar-refractivity contribution in [3.63, 3.8) is 0 Å². The summed E-state index contributed by atoms with van der Waals surface area (Å²) in [5.41, 5.74) is 4.70. The van der Waals surface area contributed by atoms with E-state index in [1.54, 1.807) is 6.07 Å². The molecule has 1 aromatic carbocycles. The largest absolute Gasteiger partial charge is 0.423 e. The molecule has 2 heterocycles. The standard InChI is InChI=1S/C22H26N2O2/c1-5-16-8-9-18-17(12-20(25)26-19(18)11-16)13-24-21(14(2)3)22-15(4)7-6-10-23-22/h6-12,14,21,24H,5,13H2,1-4H3. The van der Waals surface area contributed by atoms with Gasteiger partial charge in [-0.15, -0.1) is 0 Å². The quantitative estimate of drug-likeness (QED) is 0.663. The third-order valence-corrected chi connectivity index (χ3v) is 4.83. The first-order valence-electron chi connectivity index (χ1n) is 9.20. The molecule has 1 atom stereocenters. The van der Waals surface area contributed by atoms with Crippen molar-refractivity contribution in [3.8, 4) is 0 Å². The zero-order chi connectivity index (χ0) is 18.7. The van der Waals surface area contributed by atoms with Crippen molar-refractivity contribution >= 4 is 11.0 Å². The van der Waals surface area contributed by atoms with Crippen molar-refractivity contribution in [1.82, 2.24) is 10.3 Å². The van der Waals surface area contributed by atoms with Gasteiger partial charge in [0.15, 0.2) is 0 Å². The van der Waals surface area contributed by atoms with E-state index in [4.69, 9.17) is 4.42 Å². The summed E-state index contributed by atoms with van der Waals surface area (Å²) in [6.45, 7) is 9.12. The molecule has 0 aliphatic carbocycles. The first-order chi connectivity index (χ1) is 12.5. The number of fused-ring (bicyclic) bond motifs is 1. The van der Waals surface area contributed by atoms with Crippen LogP contribution in [-0.4, -0.2) is 4.98 Å². The molecule has 1 unspecified atom stereocenters. The van der Waals surface area contributed by atoms with Gasteiger partial charge in [0, 0.05) is 24.2 Å². The van der Waals surface area contributed by atoms with Crippen LogP contribution in [0, 0.1) is 12.8 Å². The monoisotopic (exact) mass is 350 g/mol. The smallest absolute Gasteiger partial charge is 0.336 e. The average Bonchev–Trinajstić information content (AvgIpc) is 2.62. The van der Waals surface area contributed by atoms with Crippen LogP contribution >= 0.6 is 0 Å². The van der Waals surface area contributed by atoms with E-state index in [9.17, 15) is 4.79 Å². The van der Waals surface area contributed by atoms with E-state index in [1.165, 1.54) is 5.56 Å². The molecule has 0 bridgehead atoms. The predicted molar refractivity (Wildman–Crippen MR) is 105 cm³/mol. The second kappa shape index (κ2) is 7.83. The zero-order valence-electron chi connectivity index (χ0n) is 15.9. The van der Waals surface area contributed by atoms with Crippen LogP contribution in [0.5, 0.6) is 0 Å². The molecule has 2 aromatic heterocycles. The van der Waals surface area contributed by atoms with Gasteiger partial charge in [-0.25, -0.2) is 4.79 Å². The molecular weight excluding hydrogens is 324 g/mol. The molecule has 0 aliphatic rings. The Kier molecular flexibility index (Phi) is 5.52. The van der Waals surface area contributed by atoms with E-state index in [1.807, 2.05) is 24.4 Å². The van der Waals surface area contributed by atoms with E-state index in [0.717, 1.165) is 28.6 Å². The van der Waals surface area contributed by atoms with Gasteiger partial charge in [0.25, 0.3) is 0 Å². The first-order valence-corrected chi connectivity index (χ1v) is 9.20. The lowest BCUT2D eigenvalue weighted by molar-refractivity contribution is 0.400. The van der Waals surface area contributed by atoms with Gasteiger partial charge < -0.3 is 9.73 Å². The number of aromatic nitrogens is 1. The summed E-state index contributed by atoms with van der Waals surface area (Å²) >= 11 is 0. The highest BCUT2D eigenvalue weighted by atomic mass is 16.4. The van der Waals surface area contributed by atoms with E-state index < -0.39 is 0 Å². The Morgan fingerprint density at radius 2 is 2.00 bits per heavy atom. The van der Waals surface area contributed by atoms with Crippen molar-refractivity contribution in [3.05, 3.63) is 75.4 Å². The van der Waals surface area contributed by atoms with Crippen LogP contribution in [0.4, 0.5) is 0 Å². The summed E-state index contributed by atoms with van der Waals surface area (Å²) < 4.78 is 5.41. The maximum absolute atomic E-state index is 12.0. The minimum absolute atomic E-state index is 0.119. The molecule has 0 amide bonds. The lowest BCUT2D eigenvalue weighted by atomic mass is 9.96. The van der Waals surface area contributed by atoms with Gasteiger partial charge in [0.1, 0.15) is 5.58 Å². The molecule has 3 aromatic rings. The molecule has 4 heteroatoms. The summed E-state index contributed by atoms with van der Waals surface area (Å²) in [4.78, 5) is 16.6. The van der Waals surface area contributed by atoms with Crippen molar-refractivity contribution in [2.45, 2.75) is 46.7 Å². The zero-order valence-corrected chi connectivity index (χ0v) is 15.9. The van der Waals surface area contributed by atoms with Crippen molar-refractivity contribution in [2.75, 3.05) is 0 Å². The number of aryl methyl sites for hydroxylation is 2. The van der Waals surface area contributed by atoms with Crippen molar-refractivity contribution in [1.29, 1.82) is 0 Å². The van der Waals surface area contributed by atoms with Crippen LogP contribution in [0.1, 0.15) is 49.2 Å². The van der Waals surface area contributed by atoms with Crippen LogP contribution in [0.2, 0.25) is 0 Å². The molecule has 0 aliphatic heterocycles. The Balaban J connectivity index is 1.93. The Bertz CT molecular complexity index is 960. The van der Waals surface area contributed by atoms with Crippen molar-refractivity contribution < 1.29 is 4.42 Å². The van der Waals surface area contributed by atoms with E-state index in [0.29, 0.717) is 18.0 Å². The topological polar surface area (TPSA) is 55.1 Å². The number of nitrogens with zero attached hydrogens (tertiary/aromatic N) is 1. The Morgan fingerprint density at radius 3 is 2.69 bits per heavy atom. The molecular formula is C22H26N2O2. The van der Waals surface area contributed by atoms with Crippen LogP contribution in [0.3, 0.4) is 0 Å². The summed E-state index contributed by atoms with van der Waals surface area (Å²) in [5, 5.41) is 4.58. The van der Waals surface area contributed by atoms with Gasteiger partial charge in [-0.1, -0.05) is 39.0 Å². The van der Waals surface area contributed by atoms with Gasteiger partial charge in [-0.3, -0.25) is 4.98 Å². The van der Waals surface area contributed by atoms with Gasteiger partial charge in [0.2, 0.25) is 0 Å². The third-order valence-electron chi connectivity index (χ3n) is 4.83. The predicted octanol–water partition coefficient (Wildman–Crippen LogP) is 4.55. The molecule has 26 heavy (non-hydrogen) atoms. The lowest BCUT2D eigenvalue weighted by Gasteiger charge is -2.23. The fourth-order valence-corrected chi connectivity index (χ4v) is 3.33. The Morgan fingerprint density at radius 1 is 1.19 bits per heavy atom. The SMILES string of the molecule is CCc1ccc2c(CNC(c3ncccc3C)C(C)C)cc(=O)oc2c1. The highest BCUT2D eigenvalue weighted by Crippen LogP contribution is 2.24. The maximum Gasteiger partial charge on any atom is 0.336 e. The molecule has 0 saturated heterocycles. The molecule has 136 valence electrons. The number of benzene rings is 1. The van der Waals surface area contributed by atoms with E-state index in [-0.39, 0.29) is 11.7 Å². The number of hydrogen-bond acceptors (Lipinski definition) is 4. The highest BCUT2D eigenvalue weighted by Gasteiger charge is 2.19. The molecule has 0 saturated carbocycles. The van der Waals surface area contributed by atoms with E-state index in [2.05, 4.69) is 50.1 Å². The second-order valence-electron chi connectivity index (χ2n) is 7.08. The Hall–Kier alpha value is -2.46. The van der Waals surface area contributed by atoms with Gasteiger partial charge >= 0.3 is 5.63 Å². The first kappa shape index (κ1) is 18.3. The number of hydrogen-bond donors (Lipinski definition) is 1. The third kappa shape index (κ3) is 3.86. The molecule has 1 N–H and O–H groups in total. The average molecular weight is 350 g/mol. The molecule has 0 spiro atoms. The number of rotatable bonds is 6. The van der Waals surface area contributed by atoms with Crippen LogP contribution < -0.4 is 10.9 Å². The molecule has 0 radical (unpaired) electrons. The second-order valence-corrected chi connectivity index (χ2v) is 7.08. The minimum atomic E-state index is -0.308. The molecule has 3 rings (SSSR count). The van der Waals surface area contributed by atoms with Gasteiger partial charge in [-0.05, 0) is 48.1 Å². The summed E-state index contributed by atoms with van der Waals surface area (Å²) in [7, 11) is 0. The summed E-state index contributed by atoms with van der Waals surface area (Å²) in [6.07, 6.45) is 2.74. The lowest BCUT2D eigenvalue weighted by Crippen LogP contribution is -2.27. The highest BCUT2D eigenvalue weighted by molar-refractivity contribution is 5.80. The van der Waals surface area contributed by atoms with Gasteiger partial charge in [0.05, 0.1) is 11.7 Å². The fraction of sp³-hybridized carbons (Fsp3) is 0.364. The minimum Gasteiger partial charge on any atom is -0.423 e. The van der Waals surface area contributed by atoms with Crippen LogP contribution in [-0.2, 0) is 13.0 Å². The summed E-state index contributed by atoms with van der Waals surface area (Å²) in [6, 6.07) is 11.8. The van der Waals surface area contributed by atoms with Gasteiger partial charge in [-0.2, -0.15) is 0 Å². The van der Waals surface area contributed by atoms with E-state index >= 15 is 0 Å². The summed E-state index contributed by atoms with van der Waals surface area (Å²) in [5.74, 6) is 0.377.